The summed E-state index contributed by atoms with van der Waals surface area (Å²) in [5.74, 6) is 0. The maximum Gasteiger partial charge on any atom is 0.115 e. The van der Waals surface area contributed by atoms with Crippen LogP contribution in [-0.4, -0.2) is 60.3 Å². The molecule has 2 aliphatic heterocycles. The molecule has 3 rings (SSSR count). The first-order valence-corrected chi connectivity index (χ1v) is 5.65. The van der Waals surface area contributed by atoms with E-state index in [2.05, 4.69) is 26.8 Å². The Kier molecular flexibility index (Phi) is 2.49. The minimum Gasteiger partial charge on any atom is -0.369 e. The first kappa shape index (κ1) is 9.99. The van der Waals surface area contributed by atoms with Gasteiger partial charge in [-0.25, -0.2) is 9.97 Å². The Hall–Kier alpha value is -1.20. The van der Waals surface area contributed by atoms with E-state index in [4.69, 9.17) is 4.74 Å². The van der Waals surface area contributed by atoms with Gasteiger partial charge in [-0.05, 0) is 7.05 Å². The van der Waals surface area contributed by atoms with E-state index in [9.17, 15) is 0 Å². The van der Waals surface area contributed by atoms with Crippen LogP contribution in [0.2, 0.25) is 0 Å². The van der Waals surface area contributed by atoms with Crippen molar-refractivity contribution in [3.8, 4) is 0 Å². The maximum atomic E-state index is 5.92. The van der Waals surface area contributed by atoms with Gasteiger partial charge in [0.15, 0.2) is 0 Å². The molecule has 5 nitrogen and oxygen atoms in total. The Morgan fingerprint density at radius 1 is 1.12 bits per heavy atom. The number of hydrogen-bond acceptors (Lipinski definition) is 5. The van der Waals surface area contributed by atoms with Crippen LogP contribution in [0.25, 0.3) is 0 Å². The van der Waals surface area contributed by atoms with Gasteiger partial charge in [0, 0.05) is 26.2 Å². The van der Waals surface area contributed by atoms with Gasteiger partial charge in [-0.15, -0.1) is 0 Å². The first-order chi connectivity index (χ1) is 7.81. The molecule has 1 aromatic heterocycles. The molecule has 0 spiro atoms. The summed E-state index contributed by atoms with van der Waals surface area (Å²) in [4.78, 5) is 12.8. The van der Waals surface area contributed by atoms with Crippen LogP contribution >= 0.6 is 0 Å². The second-order valence-electron chi connectivity index (χ2n) is 4.60. The number of rotatable bonds is 1. The Bertz CT molecular complexity index is 340. The molecule has 0 amide bonds. The fourth-order valence-corrected chi connectivity index (χ4v) is 2.56. The fourth-order valence-electron chi connectivity index (χ4n) is 2.56. The molecule has 3 heterocycles. The topological polar surface area (TPSA) is 41.5 Å². The molecular weight excluding hydrogens is 204 g/mol. The van der Waals surface area contributed by atoms with Crippen molar-refractivity contribution in [1.29, 1.82) is 0 Å². The molecule has 0 radical (unpaired) electrons. The van der Waals surface area contributed by atoms with E-state index in [1.165, 1.54) is 0 Å². The highest BCUT2D eigenvalue weighted by molar-refractivity contribution is 5.42. The zero-order chi connectivity index (χ0) is 11.0. The second-order valence-corrected chi connectivity index (χ2v) is 4.60. The number of hydrogen-bond donors (Lipinski definition) is 0. The number of likely N-dealkylation sites (N-methyl/N-ethyl adjacent to an activating group) is 1. The summed E-state index contributed by atoms with van der Waals surface area (Å²) < 4.78 is 5.92. The third-order valence-corrected chi connectivity index (χ3v) is 3.18. The molecule has 1 aromatic rings. The van der Waals surface area contributed by atoms with Gasteiger partial charge in [0.2, 0.25) is 0 Å². The van der Waals surface area contributed by atoms with Gasteiger partial charge in [-0.3, -0.25) is 0 Å². The Balaban J connectivity index is 1.76. The third kappa shape index (κ3) is 1.88. The van der Waals surface area contributed by atoms with Gasteiger partial charge in [0.1, 0.15) is 6.33 Å². The summed E-state index contributed by atoms with van der Waals surface area (Å²) in [5, 5.41) is 0. The van der Waals surface area contributed by atoms with Gasteiger partial charge in [0.05, 0.1) is 30.3 Å². The van der Waals surface area contributed by atoms with Crippen LogP contribution in [0.5, 0.6) is 0 Å². The fraction of sp³-hybridized carbons (Fsp3) is 0.636. The summed E-state index contributed by atoms with van der Waals surface area (Å²) in [6.45, 7) is 3.91. The molecule has 5 heteroatoms. The molecule has 2 bridgehead atoms. The van der Waals surface area contributed by atoms with E-state index in [1.807, 2.05) is 12.4 Å². The highest BCUT2D eigenvalue weighted by Gasteiger charge is 2.33. The number of morpholine rings is 2. The van der Waals surface area contributed by atoms with Crippen LogP contribution < -0.4 is 4.90 Å². The predicted molar refractivity (Wildman–Crippen MR) is 60.4 cm³/mol. The van der Waals surface area contributed by atoms with Crippen LogP contribution in [0.15, 0.2) is 18.7 Å². The standard InChI is InChI=1S/C11H16N4O/c1-14-4-10-6-15(7-11(5-14)16-10)9-2-12-8-13-3-9/h2-3,8,10-11H,4-7H2,1H3. The molecule has 2 fully saturated rings. The van der Waals surface area contributed by atoms with E-state index in [0.29, 0.717) is 12.2 Å². The lowest BCUT2D eigenvalue weighted by atomic mass is 10.1. The minimum absolute atomic E-state index is 0.317. The quantitative estimate of drug-likeness (QED) is 0.666. The van der Waals surface area contributed by atoms with E-state index >= 15 is 0 Å². The van der Waals surface area contributed by atoms with Crippen molar-refractivity contribution in [2.75, 3.05) is 38.1 Å². The lowest BCUT2D eigenvalue weighted by molar-refractivity contribution is -0.0875. The smallest absolute Gasteiger partial charge is 0.115 e. The van der Waals surface area contributed by atoms with Crippen LogP contribution in [0.1, 0.15) is 0 Å². The van der Waals surface area contributed by atoms with Crippen LogP contribution in [0, 0.1) is 0 Å². The zero-order valence-electron chi connectivity index (χ0n) is 9.41. The minimum atomic E-state index is 0.317. The lowest BCUT2D eigenvalue weighted by Crippen LogP contribution is -2.58. The molecule has 2 aliphatic rings. The number of ether oxygens (including phenoxy) is 1. The van der Waals surface area contributed by atoms with E-state index in [0.717, 1.165) is 31.9 Å². The van der Waals surface area contributed by atoms with Gasteiger partial charge in [0.25, 0.3) is 0 Å². The predicted octanol–water partition coefficient (Wildman–Crippen LogP) is -0.00420. The SMILES string of the molecule is CN1CC2CN(c3cncnc3)CC(C1)O2. The highest BCUT2D eigenvalue weighted by atomic mass is 16.5. The average molecular weight is 220 g/mol. The van der Waals surface area contributed by atoms with Crippen molar-refractivity contribution in [2.45, 2.75) is 12.2 Å². The van der Waals surface area contributed by atoms with Crippen molar-refractivity contribution in [3.63, 3.8) is 0 Å². The van der Waals surface area contributed by atoms with E-state index in [-0.39, 0.29) is 0 Å². The van der Waals surface area contributed by atoms with E-state index in [1.54, 1.807) is 6.33 Å². The molecule has 0 aromatic carbocycles. The van der Waals surface area contributed by atoms with Crippen molar-refractivity contribution in [3.05, 3.63) is 18.7 Å². The molecular formula is C11H16N4O. The second kappa shape index (κ2) is 3.99. The Labute approximate surface area is 95.0 Å². The van der Waals surface area contributed by atoms with Gasteiger partial charge in [-0.1, -0.05) is 0 Å². The molecule has 2 saturated heterocycles. The normalized spacial score (nSPS) is 30.4. The van der Waals surface area contributed by atoms with Crippen LogP contribution in [-0.2, 0) is 4.74 Å². The number of nitrogens with zero attached hydrogens (tertiary/aromatic N) is 4. The molecule has 0 saturated carbocycles. The summed E-state index contributed by atoms with van der Waals surface area (Å²) >= 11 is 0. The van der Waals surface area contributed by atoms with Crippen molar-refractivity contribution in [1.82, 2.24) is 14.9 Å². The van der Waals surface area contributed by atoms with E-state index < -0.39 is 0 Å². The molecule has 0 N–H and O–H groups in total. The molecule has 16 heavy (non-hydrogen) atoms. The van der Waals surface area contributed by atoms with Crippen LogP contribution in [0.4, 0.5) is 5.69 Å². The van der Waals surface area contributed by atoms with Crippen molar-refractivity contribution in [2.24, 2.45) is 0 Å². The van der Waals surface area contributed by atoms with Crippen molar-refractivity contribution >= 4 is 5.69 Å². The van der Waals surface area contributed by atoms with Gasteiger partial charge >= 0.3 is 0 Å². The molecule has 86 valence electrons. The molecule has 0 aliphatic carbocycles. The third-order valence-electron chi connectivity index (χ3n) is 3.18. The Morgan fingerprint density at radius 2 is 1.75 bits per heavy atom. The van der Waals surface area contributed by atoms with Gasteiger partial charge < -0.3 is 14.5 Å². The molecule has 2 atom stereocenters. The van der Waals surface area contributed by atoms with Gasteiger partial charge in [-0.2, -0.15) is 0 Å². The number of anilines is 1. The summed E-state index contributed by atoms with van der Waals surface area (Å²) in [6.07, 6.45) is 5.95. The number of aromatic nitrogens is 2. The first-order valence-electron chi connectivity index (χ1n) is 5.65. The maximum absolute atomic E-state index is 5.92. The summed E-state index contributed by atoms with van der Waals surface area (Å²) in [7, 11) is 2.16. The Morgan fingerprint density at radius 3 is 2.38 bits per heavy atom. The van der Waals surface area contributed by atoms with Crippen LogP contribution in [0.3, 0.4) is 0 Å². The molecule has 2 unspecified atom stereocenters. The monoisotopic (exact) mass is 220 g/mol. The highest BCUT2D eigenvalue weighted by Crippen LogP contribution is 2.22. The largest absolute Gasteiger partial charge is 0.369 e. The zero-order valence-corrected chi connectivity index (χ0v) is 9.41. The summed E-state index contributed by atoms with van der Waals surface area (Å²) in [6, 6.07) is 0. The average Bonchev–Trinajstić information content (AvgIpc) is 2.28. The summed E-state index contributed by atoms with van der Waals surface area (Å²) in [5.41, 5.74) is 1.10. The number of fused-ring (bicyclic) bond motifs is 2. The lowest BCUT2D eigenvalue weighted by Gasteiger charge is -2.45. The van der Waals surface area contributed by atoms with Crippen molar-refractivity contribution < 1.29 is 4.74 Å².